The topological polar surface area (TPSA) is 126 Å². The number of fused-ring (bicyclic) bond motifs is 1. The number of aromatic nitrogens is 2. The Balaban J connectivity index is 1.60. The summed E-state index contributed by atoms with van der Waals surface area (Å²) in [6.45, 7) is 1.90. The molecule has 2 aromatic carbocycles. The van der Waals surface area contributed by atoms with Crippen LogP contribution in [-0.4, -0.2) is 54.3 Å². The lowest BCUT2D eigenvalue weighted by molar-refractivity contribution is -0.146. The van der Waals surface area contributed by atoms with Crippen molar-refractivity contribution in [1.82, 2.24) is 13.9 Å². The fourth-order valence-electron chi connectivity index (χ4n) is 5.34. The molecule has 0 spiro atoms. The SMILES string of the molecule is COC(=O)C1CCN(S(=O)(=O)c2cnc3n2[C@](C)(Cc2ccc(C#N)cc2)C(=O)N3c2cc(Cl)cc(Cl)c2)CC1. The lowest BCUT2D eigenvalue weighted by atomic mass is 9.91. The zero-order valence-corrected chi connectivity index (χ0v) is 24.0. The highest BCUT2D eigenvalue weighted by Gasteiger charge is 2.52. The number of carbonyl (C=O) groups excluding carboxylic acids is 2. The predicted molar refractivity (Wildman–Crippen MR) is 148 cm³/mol. The first-order chi connectivity index (χ1) is 19.0. The number of esters is 1. The number of anilines is 2. The van der Waals surface area contributed by atoms with Crippen LogP contribution in [0.1, 0.15) is 30.9 Å². The van der Waals surface area contributed by atoms with Crippen molar-refractivity contribution in [2.75, 3.05) is 25.1 Å². The van der Waals surface area contributed by atoms with Crippen LogP contribution in [0.25, 0.3) is 0 Å². The van der Waals surface area contributed by atoms with E-state index in [0.29, 0.717) is 34.1 Å². The lowest BCUT2D eigenvalue weighted by Gasteiger charge is -2.31. The highest BCUT2D eigenvalue weighted by Crippen LogP contribution is 2.45. The van der Waals surface area contributed by atoms with Crippen molar-refractivity contribution < 1.29 is 22.7 Å². The van der Waals surface area contributed by atoms with E-state index in [9.17, 15) is 23.3 Å². The van der Waals surface area contributed by atoms with Gasteiger partial charge in [0.2, 0.25) is 5.95 Å². The van der Waals surface area contributed by atoms with Crippen molar-refractivity contribution in [2.24, 2.45) is 5.92 Å². The predicted octanol–water partition coefficient (Wildman–Crippen LogP) is 4.27. The molecule has 1 amide bonds. The fraction of sp³-hybridized carbons (Fsp3) is 0.333. The maximum absolute atomic E-state index is 14.2. The summed E-state index contributed by atoms with van der Waals surface area (Å²) >= 11 is 12.5. The standard InChI is InChI=1S/C27H25Cl2N5O5S/c1-27(14-17-3-5-18(15-30)6-4-17)25(36)33(22-12-20(28)11-21(29)13-22)26-31-16-23(34(26)27)40(37,38)32-9-7-19(8-10-32)24(35)39-2/h3-6,11-13,16,19H,7-10,14H2,1-2H3/t27-/m1/s1. The van der Waals surface area contributed by atoms with Crippen molar-refractivity contribution in [2.45, 2.75) is 36.8 Å². The first kappa shape index (κ1) is 28.1. The van der Waals surface area contributed by atoms with Gasteiger partial charge in [-0.15, -0.1) is 0 Å². The fourth-order valence-corrected chi connectivity index (χ4v) is 7.51. The molecule has 0 unspecified atom stereocenters. The lowest BCUT2D eigenvalue weighted by Crippen LogP contribution is -2.44. The third-order valence-electron chi connectivity index (χ3n) is 7.40. The Kier molecular flexibility index (Phi) is 7.39. The van der Waals surface area contributed by atoms with Gasteiger partial charge >= 0.3 is 5.97 Å². The number of imidazole rings is 1. The van der Waals surface area contributed by atoms with Crippen molar-refractivity contribution in [3.8, 4) is 6.07 Å². The quantitative estimate of drug-likeness (QED) is 0.386. The van der Waals surface area contributed by atoms with Gasteiger partial charge in [-0.25, -0.2) is 18.3 Å². The van der Waals surface area contributed by atoms with Gasteiger partial charge in [-0.2, -0.15) is 9.57 Å². The summed E-state index contributed by atoms with van der Waals surface area (Å²) in [4.78, 5) is 31.9. The van der Waals surface area contributed by atoms with Crippen LogP contribution < -0.4 is 4.90 Å². The summed E-state index contributed by atoms with van der Waals surface area (Å²) in [5.41, 5.74) is 0.133. The van der Waals surface area contributed by atoms with Crippen LogP contribution in [0.2, 0.25) is 10.0 Å². The number of carbonyl (C=O) groups is 2. The molecule has 1 atom stereocenters. The Hall–Kier alpha value is -3.43. The third kappa shape index (κ3) is 4.75. The van der Waals surface area contributed by atoms with Gasteiger partial charge in [0, 0.05) is 29.6 Å². The van der Waals surface area contributed by atoms with Crippen LogP contribution in [0.5, 0.6) is 0 Å². The second-order valence-corrected chi connectivity index (χ2v) is 12.7. The Bertz CT molecular complexity index is 1620. The number of sulfonamides is 1. The molecule has 0 radical (unpaired) electrons. The molecule has 0 N–H and O–H groups in total. The summed E-state index contributed by atoms with van der Waals surface area (Å²) in [6.07, 6.45) is 2.02. The van der Waals surface area contributed by atoms with Gasteiger partial charge in [0.05, 0.1) is 36.5 Å². The Morgan fingerprint density at radius 2 is 1.77 bits per heavy atom. The van der Waals surface area contributed by atoms with Gasteiger partial charge < -0.3 is 4.74 Å². The molecular weight excluding hydrogens is 577 g/mol. The smallest absolute Gasteiger partial charge is 0.308 e. The average molecular weight is 603 g/mol. The molecule has 208 valence electrons. The summed E-state index contributed by atoms with van der Waals surface area (Å²) in [6, 6.07) is 13.5. The molecule has 3 aromatic rings. The molecule has 2 aliphatic rings. The summed E-state index contributed by atoms with van der Waals surface area (Å²) < 4.78 is 35.5. The molecule has 10 nitrogen and oxygen atoms in total. The normalized spacial score (nSPS) is 19.9. The van der Waals surface area contributed by atoms with Gasteiger partial charge in [-0.1, -0.05) is 35.3 Å². The van der Waals surface area contributed by atoms with Crippen LogP contribution in [0.15, 0.2) is 53.7 Å². The third-order valence-corrected chi connectivity index (χ3v) is 9.70. The number of piperidine rings is 1. The second kappa shape index (κ2) is 10.5. The van der Waals surface area contributed by atoms with E-state index < -0.39 is 21.5 Å². The van der Waals surface area contributed by atoms with Gasteiger partial charge in [0.25, 0.3) is 15.9 Å². The molecular formula is C27H25Cl2N5O5S. The van der Waals surface area contributed by atoms with E-state index in [2.05, 4.69) is 11.1 Å². The number of hydrogen-bond donors (Lipinski definition) is 0. The van der Waals surface area contributed by atoms with E-state index in [1.165, 1.54) is 33.1 Å². The molecule has 3 heterocycles. The molecule has 40 heavy (non-hydrogen) atoms. The zero-order chi connectivity index (χ0) is 28.8. The van der Waals surface area contributed by atoms with E-state index in [-0.39, 0.29) is 42.4 Å². The Morgan fingerprint density at radius 3 is 2.35 bits per heavy atom. The van der Waals surface area contributed by atoms with Crippen molar-refractivity contribution in [3.05, 3.63) is 69.8 Å². The second-order valence-electron chi connectivity index (χ2n) is 9.96. The number of benzene rings is 2. The molecule has 1 aromatic heterocycles. The van der Waals surface area contributed by atoms with Crippen LogP contribution in [0.4, 0.5) is 11.6 Å². The van der Waals surface area contributed by atoms with Crippen LogP contribution in [0, 0.1) is 17.2 Å². The van der Waals surface area contributed by atoms with Crippen molar-refractivity contribution >= 4 is 56.7 Å². The number of ether oxygens (including phenoxy) is 1. The Morgan fingerprint density at radius 1 is 1.15 bits per heavy atom. The van der Waals surface area contributed by atoms with Crippen molar-refractivity contribution in [1.29, 1.82) is 5.26 Å². The number of hydrogen-bond acceptors (Lipinski definition) is 7. The molecule has 5 rings (SSSR count). The molecule has 2 aliphatic heterocycles. The zero-order valence-electron chi connectivity index (χ0n) is 21.7. The molecule has 0 aliphatic carbocycles. The number of nitriles is 1. The van der Waals surface area contributed by atoms with Crippen LogP contribution in [0.3, 0.4) is 0 Å². The molecule has 1 saturated heterocycles. The van der Waals surface area contributed by atoms with Crippen LogP contribution in [-0.2, 0) is 36.3 Å². The monoisotopic (exact) mass is 601 g/mol. The maximum atomic E-state index is 14.2. The highest BCUT2D eigenvalue weighted by molar-refractivity contribution is 7.89. The average Bonchev–Trinajstić information content (AvgIpc) is 3.46. The maximum Gasteiger partial charge on any atom is 0.308 e. The highest BCUT2D eigenvalue weighted by atomic mass is 35.5. The summed E-state index contributed by atoms with van der Waals surface area (Å²) in [7, 11) is -2.80. The number of nitrogens with zero attached hydrogens (tertiary/aromatic N) is 5. The van der Waals surface area contributed by atoms with E-state index in [1.807, 2.05) is 0 Å². The molecule has 13 heteroatoms. The summed E-state index contributed by atoms with van der Waals surface area (Å²) in [5.74, 6) is -1.04. The number of methoxy groups -OCH3 is 1. The molecule has 0 bridgehead atoms. The minimum absolute atomic E-state index is 0.113. The minimum atomic E-state index is -4.11. The van der Waals surface area contributed by atoms with Crippen LogP contribution >= 0.6 is 23.2 Å². The van der Waals surface area contributed by atoms with E-state index in [0.717, 1.165) is 5.56 Å². The first-order valence-corrected chi connectivity index (χ1v) is 14.6. The van der Waals surface area contributed by atoms with Gasteiger partial charge in [0.1, 0.15) is 5.54 Å². The number of halogens is 2. The Labute approximate surface area is 241 Å². The minimum Gasteiger partial charge on any atom is -0.469 e. The van der Waals surface area contributed by atoms with E-state index in [1.54, 1.807) is 43.3 Å². The number of rotatable bonds is 6. The first-order valence-electron chi connectivity index (χ1n) is 12.5. The van der Waals surface area contributed by atoms with Gasteiger partial charge in [-0.05, 0) is 55.7 Å². The molecule has 0 saturated carbocycles. The van der Waals surface area contributed by atoms with Crippen molar-refractivity contribution in [3.63, 3.8) is 0 Å². The number of amides is 1. The van der Waals surface area contributed by atoms with E-state index in [4.69, 9.17) is 27.9 Å². The van der Waals surface area contributed by atoms with Gasteiger partial charge in [0.15, 0.2) is 5.03 Å². The largest absolute Gasteiger partial charge is 0.469 e. The van der Waals surface area contributed by atoms with Gasteiger partial charge in [-0.3, -0.25) is 14.2 Å². The van der Waals surface area contributed by atoms with E-state index >= 15 is 0 Å². The molecule has 1 fully saturated rings. The summed E-state index contributed by atoms with van der Waals surface area (Å²) in [5, 5.41) is 9.65.